The van der Waals surface area contributed by atoms with Crippen LogP contribution in [0.4, 0.5) is 5.69 Å². The van der Waals surface area contributed by atoms with Crippen LogP contribution in [-0.2, 0) is 9.53 Å². The fourth-order valence-corrected chi connectivity index (χ4v) is 3.19. The van der Waals surface area contributed by atoms with E-state index in [9.17, 15) is 9.59 Å². The largest absolute Gasteiger partial charge is 0.465 e. The van der Waals surface area contributed by atoms with E-state index in [0.29, 0.717) is 17.1 Å². The lowest BCUT2D eigenvalue weighted by atomic mass is 10.0. The van der Waals surface area contributed by atoms with E-state index in [-0.39, 0.29) is 17.9 Å². The molecule has 110 valence electrons. The Morgan fingerprint density at radius 3 is 3.10 bits per heavy atom. The molecule has 0 radical (unpaired) electrons. The quantitative estimate of drug-likeness (QED) is 0.845. The molecule has 5 nitrogen and oxygen atoms in total. The van der Waals surface area contributed by atoms with Crippen LogP contribution < -0.4 is 10.2 Å². The molecule has 0 saturated carbocycles. The van der Waals surface area contributed by atoms with Crippen molar-refractivity contribution >= 4 is 28.9 Å². The highest BCUT2D eigenvalue weighted by atomic mass is 32.1. The van der Waals surface area contributed by atoms with Crippen molar-refractivity contribution in [2.45, 2.75) is 32.2 Å². The smallest absolute Gasteiger partial charge is 0.350 e. The zero-order valence-electron chi connectivity index (χ0n) is 11.8. The fourth-order valence-electron chi connectivity index (χ4n) is 2.38. The number of esters is 1. The van der Waals surface area contributed by atoms with E-state index in [2.05, 4.69) is 12.2 Å². The van der Waals surface area contributed by atoms with Gasteiger partial charge < -0.3 is 15.0 Å². The molecule has 20 heavy (non-hydrogen) atoms. The molecule has 0 bridgehead atoms. The van der Waals surface area contributed by atoms with Gasteiger partial charge in [0, 0.05) is 6.54 Å². The Bertz CT molecular complexity index is 487. The maximum absolute atomic E-state index is 12.5. The van der Waals surface area contributed by atoms with Crippen LogP contribution in [-0.4, -0.2) is 38.1 Å². The first-order valence-electron chi connectivity index (χ1n) is 6.89. The molecular formula is C14H20N2O3S. The van der Waals surface area contributed by atoms with Gasteiger partial charge in [-0.3, -0.25) is 4.79 Å². The molecular weight excluding hydrogens is 276 g/mol. The van der Waals surface area contributed by atoms with Crippen LogP contribution in [0.3, 0.4) is 0 Å². The standard InChI is InChI=1S/C14H20N2O3S/c1-3-7-15-10-5-4-8-16(13(10)17)11-6-9-20-12(11)14(18)19-2/h6,9-10,15H,3-5,7-8H2,1-2H3. The number of piperidine rings is 1. The van der Waals surface area contributed by atoms with Gasteiger partial charge in [0.15, 0.2) is 0 Å². The number of carbonyl (C=O) groups is 2. The van der Waals surface area contributed by atoms with Crippen molar-refractivity contribution in [1.29, 1.82) is 0 Å². The summed E-state index contributed by atoms with van der Waals surface area (Å²) in [6, 6.07) is 1.67. The number of anilines is 1. The minimum Gasteiger partial charge on any atom is -0.465 e. The Kier molecular flexibility index (Phi) is 5.14. The van der Waals surface area contributed by atoms with Crippen molar-refractivity contribution in [2.75, 3.05) is 25.1 Å². The van der Waals surface area contributed by atoms with Crippen molar-refractivity contribution in [2.24, 2.45) is 0 Å². The monoisotopic (exact) mass is 296 g/mol. The summed E-state index contributed by atoms with van der Waals surface area (Å²) < 4.78 is 4.77. The molecule has 2 heterocycles. The Labute approximate surface area is 122 Å². The first kappa shape index (κ1) is 15.0. The molecule has 6 heteroatoms. The van der Waals surface area contributed by atoms with Crippen molar-refractivity contribution in [1.82, 2.24) is 5.32 Å². The highest BCUT2D eigenvalue weighted by molar-refractivity contribution is 7.12. The van der Waals surface area contributed by atoms with E-state index in [0.717, 1.165) is 25.8 Å². The Hall–Kier alpha value is -1.40. The van der Waals surface area contributed by atoms with Gasteiger partial charge in [-0.2, -0.15) is 0 Å². The third kappa shape index (κ3) is 3.02. The number of hydrogen-bond donors (Lipinski definition) is 1. The Morgan fingerprint density at radius 2 is 2.40 bits per heavy atom. The first-order valence-corrected chi connectivity index (χ1v) is 7.77. The second kappa shape index (κ2) is 6.85. The van der Waals surface area contributed by atoms with Crippen molar-refractivity contribution < 1.29 is 14.3 Å². The molecule has 1 fully saturated rings. The number of carbonyl (C=O) groups excluding carboxylic acids is 2. The second-order valence-electron chi connectivity index (χ2n) is 4.77. The number of nitrogens with zero attached hydrogens (tertiary/aromatic N) is 1. The predicted molar refractivity (Wildman–Crippen MR) is 79.3 cm³/mol. The number of rotatable bonds is 5. The van der Waals surface area contributed by atoms with E-state index in [1.54, 1.807) is 4.90 Å². The third-order valence-electron chi connectivity index (χ3n) is 3.39. The van der Waals surface area contributed by atoms with Crippen molar-refractivity contribution in [3.05, 3.63) is 16.3 Å². The number of methoxy groups -OCH3 is 1. The minimum atomic E-state index is -0.383. The zero-order valence-corrected chi connectivity index (χ0v) is 12.7. The summed E-state index contributed by atoms with van der Waals surface area (Å²) in [6.45, 7) is 3.56. The van der Waals surface area contributed by atoms with Gasteiger partial charge in [-0.15, -0.1) is 11.3 Å². The summed E-state index contributed by atoms with van der Waals surface area (Å²) in [4.78, 5) is 26.4. The summed E-state index contributed by atoms with van der Waals surface area (Å²) >= 11 is 1.31. The molecule has 1 saturated heterocycles. The Morgan fingerprint density at radius 1 is 1.60 bits per heavy atom. The molecule has 1 atom stereocenters. The van der Waals surface area contributed by atoms with Crippen LogP contribution in [0.15, 0.2) is 11.4 Å². The van der Waals surface area contributed by atoms with Crippen LogP contribution in [0.1, 0.15) is 35.9 Å². The van der Waals surface area contributed by atoms with E-state index >= 15 is 0 Å². The summed E-state index contributed by atoms with van der Waals surface area (Å²) in [5.41, 5.74) is 0.676. The van der Waals surface area contributed by atoms with Gasteiger partial charge in [-0.1, -0.05) is 6.92 Å². The molecule has 1 aromatic rings. The van der Waals surface area contributed by atoms with Crippen molar-refractivity contribution in [3.8, 4) is 0 Å². The number of nitrogens with one attached hydrogen (secondary N) is 1. The molecule has 1 unspecified atom stereocenters. The maximum Gasteiger partial charge on any atom is 0.350 e. The van der Waals surface area contributed by atoms with Gasteiger partial charge in [0.05, 0.1) is 18.8 Å². The lowest BCUT2D eigenvalue weighted by Gasteiger charge is -2.32. The van der Waals surface area contributed by atoms with E-state index < -0.39 is 0 Å². The van der Waals surface area contributed by atoms with Gasteiger partial charge in [0.1, 0.15) is 4.88 Å². The molecule has 0 aromatic carbocycles. The van der Waals surface area contributed by atoms with E-state index in [4.69, 9.17) is 4.74 Å². The Balaban J connectivity index is 2.17. The average molecular weight is 296 g/mol. The van der Waals surface area contributed by atoms with E-state index in [1.807, 2.05) is 11.4 Å². The number of ether oxygens (including phenoxy) is 1. The van der Waals surface area contributed by atoms with Gasteiger partial charge in [-0.05, 0) is 37.3 Å². The third-order valence-corrected chi connectivity index (χ3v) is 4.27. The average Bonchev–Trinajstić information content (AvgIpc) is 2.94. The molecule has 0 spiro atoms. The van der Waals surface area contributed by atoms with Crippen LogP contribution in [0.25, 0.3) is 0 Å². The lowest BCUT2D eigenvalue weighted by molar-refractivity contribution is -0.121. The molecule has 1 aromatic heterocycles. The summed E-state index contributed by atoms with van der Waals surface area (Å²) in [5, 5.41) is 5.09. The van der Waals surface area contributed by atoms with Crippen LogP contribution in [0.5, 0.6) is 0 Å². The van der Waals surface area contributed by atoms with Gasteiger partial charge in [0.2, 0.25) is 5.91 Å². The normalized spacial score (nSPS) is 19.2. The van der Waals surface area contributed by atoms with E-state index in [1.165, 1.54) is 18.4 Å². The lowest BCUT2D eigenvalue weighted by Crippen LogP contribution is -2.51. The topological polar surface area (TPSA) is 58.6 Å². The minimum absolute atomic E-state index is 0.0493. The number of amides is 1. The molecule has 1 aliphatic heterocycles. The summed E-state index contributed by atoms with van der Waals surface area (Å²) in [7, 11) is 1.36. The van der Waals surface area contributed by atoms with Gasteiger partial charge >= 0.3 is 5.97 Å². The number of hydrogen-bond acceptors (Lipinski definition) is 5. The maximum atomic E-state index is 12.5. The van der Waals surface area contributed by atoms with Crippen LogP contribution in [0, 0.1) is 0 Å². The highest BCUT2D eigenvalue weighted by Gasteiger charge is 2.31. The highest BCUT2D eigenvalue weighted by Crippen LogP contribution is 2.30. The predicted octanol–water partition coefficient (Wildman–Crippen LogP) is 2.03. The summed E-state index contributed by atoms with van der Waals surface area (Å²) in [5.74, 6) is -0.334. The van der Waals surface area contributed by atoms with Gasteiger partial charge in [0.25, 0.3) is 0 Å². The van der Waals surface area contributed by atoms with Gasteiger partial charge in [-0.25, -0.2) is 4.79 Å². The SMILES string of the molecule is CCCNC1CCCN(c2ccsc2C(=O)OC)C1=O. The number of thiophene rings is 1. The summed E-state index contributed by atoms with van der Waals surface area (Å²) in [6.07, 6.45) is 2.78. The molecule has 1 aliphatic rings. The zero-order chi connectivity index (χ0) is 14.5. The van der Waals surface area contributed by atoms with Crippen molar-refractivity contribution in [3.63, 3.8) is 0 Å². The van der Waals surface area contributed by atoms with Crippen LogP contribution >= 0.6 is 11.3 Å². The molecule has 2 rings (SSSR count). The first-order chi connectivity index (χ1) is 9.69. The molecule has 0 aliphatic carbocycles. The molecule has 1 N–H and O–H groups in total. The fraction of sp³-hybridized carbons (Fsp3) is 0.571. The second-order valence-corrected chi connectivity index (χ2v) is 5.68. The van der Waals surface area contributed by atoms with Crippen LogP contribution in [0.2, 0.25) is 0 Å². The molecule has 1 amide bonds.